The van der Waals surface area contributed by atoms with Gasteiger partial charge in [-0.1, -0.05) is 0 Å². The van der Waals surface area contributed by atoms with Crippen molar-refractivity contribution < 1.29 is 41.8 Å². The van der Waals surface area contributed by atoms with E-state index in [1.807, 2.05) is 0 Å². The maximum Gasteiger partial charge on any atom is 0.357 e. The van der Waals surface area contributed by atoms with Crippen molar-refractivity contribution >= 4 is 11.9 Å². The van der Waals surface area contributed by atoms with Crippen LogP contribution in [-0.2, 0) is 0 Å². The quantitative estimate of drug-likeness (QED) is 0.456. The molecule has 0 bridgehead atoms. The molecule has 0 unspecified atom stereocenters. The molecule has 2 aromatic rings. The Labute approximate surface area is 116 Å². The second-order valence-corrected chi connectivity index (χ2v) is 3.86. The number of aromatic carboxylic acids is 2. The minimum atomic E-state index is -2.41. The molecule has 0 aliphatic heterocycles. The molecule has 22 heavy (non-hydrogen) atoms. The van der Waals surface area contributed by atoms with Crippen molar-refractivity contribution in [2.45, 2.75) is 0 Å². The number of aromatic amines is 1. The zero-order valence-corrected chi connectivity index (χ0v) is 10.0. The van der Waals surface area contributed by atoms with Gasteiger partial charge in [0.1, 0.15) is 5.82 Å². The first-order valence-corrected chi connectivity index (χ1v) is 5.25. The fourth-order valence-corrected chi connectivity index (χ4v) is 1.61. The van der Waals surface area contributed by atoms with E-state index in [2.05, 4.69) is 4.98 Å². The molecule has 1 aromatic carbocycles. The van der Waals surface area contributed by atoms with Gasteiger partial charge in [0.25, 0.3) is 0 Å². The molecule has 0 aliphatic rings. The molecule has 0 atom stereocenters. The molecule has 1 heterocycles. The average molecular weight is 322 g/mol. The van der Waals surface area contributed by atoms with Crippen molar-refractivity contribution in [2.75, 3.05) is 0 Å². The van der Waals surface area contributed by atoms with Gasteiger partial charge in [-0.2, -0.15) is 0 Å². The maximum absolute atomic E-state index is 13.6. The molecule has 0 spiro atoms. The van der Waals surface area contributed by atoms with Crippen molar-refractivity contribution in [1.29, 1.82) is 0 Å². The lowest BCUT2D eigenvalue weighted by Gasteiger charge is -2.05. The number of benzene rings is 1. The molecule has 1 aromatic heterocycles. The lowest BCUT2D eigenvalue weighted by atomic mass is 10.1. The van der Waals surface area contributed by atoms with Gasteiger partial charge in [0.15, 0.2) is 34.7 Å². The number of halogens is 5. The molecule has 0 saturated heterocycles. The van der Waals surface area contributed by atoms with Crippen molar-refractivity contribution in [3.8, 4) is 11.4 Å². The Kier molecular flexibility index (Phi) is 3.57. The summed E-state index contributed by atoms with van der Waals surface area (Å²) < 4.78 is 66.2. The van der Waals surface area contributed by atoms with E-state index < -0.39 is 63.8 Å². The molecule has 3 N–H and O–H groups in total. The summed E-state index contributed by atoms with van der Waals surface area (Å²) in [5.41, 5.74) is -3.79. The molecule has 11 heteroatoms. The Morgan fingerprint density at radius 2 is 1.27 bits per heavy atom. The SMILES string of the molecule is O=C(O)c1nc(-c2c(F)c(F)c(F)c(F)c2F)[nH]c1C(=O)O. The third-order valence-electron chi connectivity index (χ3n) is 2.57. The molecular weight excluding hydrogens is 319 g/mol. The number of carbonyl (C=O) groups is 2. The van der Waals surface area contributed by atoms with E-state index in [1.165, 1.54) is 0 Å². The number of carboxylic acids is 2. The Morgan fingerprint density at radius 1 is 0.818 bits per heavy atom. The minimum absolute atomic E-state index is 1.08. The van der Waals surface area contributed by atoms with Gasteiger partial charge in [-0.05, 0) is 0 Å². The van der Waals surface area contributed by atoms with Gasteiger partial charge in [0.2, 0.25) is 5.82 Å². The van der Waals surface area contributed by atoms with Gasteiger partial charge in [0.05, 0.1) is 5.56 Å². The summed E-state index contributed by atoms with van der Waals surface area (Å²) in [5.74, 6) is -16.4. The van der Waals surface area contributed by atoms with Crippen molar-refractivity contribution in [1.82, 2.24) is 9.97 Å². The highest BCUT2D eigenvalue weighted by molar-refractivity contribution is 5.99. The fourth-order valence-electron chi connectivity index (χ4n) is 1.61. The predicted molar refractivity (Wildman–Crippen MR) is 57.7 cm³/mol. The van der Waals surface area contributed by atoms with Crippen LogP contribution in [0.15, 0.2) is 0 Å². The molecule has 2 rings (SSSR count). The Morgan fingerprint density at radius 3 is 1.64 bits per heavy atom. The third-order valence-corrected chi connectivity index (χ3v) is 2.57. The van der Waals surface area contributed by atoms with Gasteiger partial charge in [0, 0.05) is 0 Å². The first-order chi connectivity index (χ1) is 10.2. The summed E-state index contributed by atoms with van der Waals surface area (Å²) >= 11 is 0. The highest BCUT2D eigenvalue weighted by Crippen LogP contribution is 2.30. The fraction of sp³-hybridized carbons (Fsp3) is 0. The number of nitrogens with one attached hydrogen (secondary N) is 1. The number of carboxylic acid groups (broad SMARTS) is 2. The van der Waals surface area contributed by atoms with E-state index in [1.54, 1.807) is 4.98 Å². The zero-order chi connectivity index (χ0) is 16.8. The topological polar surface area (TPSA) is 103 Å². The number of imidazole rings is 1. The van der Waals surface area contributed by atoms with Gasteiger partial charge in [-0.3, -0.25) is 0 Å². The van der Waals surface area contributed by atoms with Crippen LogP contribution in [-0.4, -0.2) is 32.1 Å². The number of nitrogens with zero attached hydrogens (tertiary/aromatic N) is 1. The van der Waals surface area contributed by atoms with Crippen molar-refractivity contribution in [3.63, 3.8) is 0 Å². The van der Waals surface area contributed by atoms with Gasteiger partial charge >= 0.3 is 11.9 Å². The van der Waals surface area contributed by atoms with Crippen LogP contribution in [0.2, 0.25) is 0 Å². The van der Waals surface area contributed by atoms with E-state index >= 15 is 0 Å². The molecule has 0 fully saturated rings. The van der Waals surface area contributed by atoms with Crippen LogP contribution < -0.4 is 0 Å². The summed E-state index contributed by atoms with van der Waals surface area (Å²) in [6, 6.07) is 0. The molecule has 0 saturated carbocycles. The third kappa shape index (κ3) is 2.16. The largest absolute Gasteiger partial charge is 0.477 e. The summed E-state index contributed by atoms with van der Waals surface area (Å²) in [6.07, 6.45) is 0. The highest BCUT2D eigenvalue weighted by Gasteiger charge is 2.31. The highest BCUT2D eigenvalue weighted by atomic mass is 19.2. The molecule has 6 nitrogen and oxygen atoms in total. The first kappa shape index (κ1) is 15.4. The number of aromatic nitrogens is 2. The van der Waals surface area contributed by atoms with Crippen LogP contribution in [0.1, 0.15) is 21.0 Å². The zero-order valence-electron chi connectivity index (χ0n) is 10.0. The Bertz CT molecular complexity index is 757. The number of hydrogen-bond donors (Lipinski definition) is 3. The minimum Gasteiger partial charge on any atom is -0.477 e. The van der Waals surface area contributed by atoms with Crippen molar-refractivity contribution in [2.24, 2.45) is 0 Å². The molecule has 0 radical (unpaired) electrons. The lowest BCUT2D eigenvalue weighted by molar-refractivity contribution is 0.0644. The number of rotatable bonds is 3. The van der Waals surface area contributed by atoms with Crippen LogP contribution in [0, 0.1) is 29.1 Å². The maximum atomic E-state index is 13.6. The van der Waals surface area contributed by atoms with E-state index in [-0.39, 0.29) is 0 Å². The molecule has 116 valence electrons. The predicted octanol–water partition coefficient (Wildman–Crippen LogP) is 2.17. The standard InChI is InChI=1S/C11H3F5N2O4/c12-2-1(3(13)5(15)6(16)4(2)14)9-17-7(10(19)20)8(18-9)11(21)22/h(H,17,18)(H,19,20)(H,21,22). The second kappa shape index (κ2) is 5.09. The Balaban J connectivity index is 2.81. The van der Waals surface area contributed by atoms with E-state index in [0.29, 0.717) is 0 Å². The lowest BCUT2D eigenvalue weighted by Crippen LogP contribution is -2.07. The first-order valence-electron chi connectivity index (χ1n) is 5.25. The van der Waals surface area contributed by atoms with Gasteiger partial charge in [-0.25, -0.2) is 36.5 Å². The molecular formula is C11H3F5N2O4. The summed E-state index contributed by atoms with van der Waals surface area (Å²) in [4.78, 5) is 26.4. The van der Waals surface area contributed by atoms with Gasteiger partial charge in [-0.15, -0.1) is 0 Å². The van der Waals surface area contributed by atoms with E-state index in [9.17, 15) is 31.5 Å². The van der Waals surface area contributed by atoms with E-state index in [4.69, 9.17) is 10.2 Å². The van der Waals surface area contributed by atoms with Crippen LogP contribution in [0.4, 0.5) is 22.0 Å². The van der Waals surface area contributed by atoms with Crippen LogP contribution in [0.5, 0.6) is 0 Å². The second-order valence-electron chi connectivity index (χ2n) is 3.86. The summed E-state index contributed by atoms with van der Waals surface area (Å²) in [5, 5.41) is 17.5. The van der Waals surface area contributed by atoms with E-state index in [0.717, 1.165) is 0 Å². The molecule has 0 aliphatic carbocycles. The van der Waals surface area contributed by atoms with Crippen molar-refractivity contribution in [3.05, 3.63) is 40.5 Å². The van der Waals surface area contributed by atoms with Crippen LogP contribution in [0.3, 0.4) is 0 Å². The normalized spacial score (nSPS) is 10.8. The summed E-state index contributed by atoms with van der Waals surface area (Å²) in [7, 11) is 0. The Hall–Kier alpha value is -2.98. The molecule has 0 amide bonds. The van der Waals surface area contributed by atoms with Crippen LogP contribution >= 0.6 is 0 Å². The van der Waals surface area contributed by atoms with Gasteiger partial charge < -0.3 is 15.2 Å². The average Bonchev–Trinajstić information content (AvgIpc) is 2.88. The number of hydrogen-bond acceptors (Lipinski definition) is 3. The number of H-pyrrole nitrogens is 1. The summed E-state index contributed by atoms with van der Waals surface area (Å²) in [6.45, 7) is 0. The smallest absolute Gasteiger partial charge is 0.357 e. The monoisotopic (exact) mass is 322 g/mol. The van der Waals surface area contributed by atoms with Crippen LogP contribution in [0.25, 0.3) is 11.4 Å².